The van der Waals surface area contributed by atoms with E-state index in [0.29, 0.717) is 0 Å². The Morgan fingerprint density at radius 1 is 0.347 bits per heavy atom. The Morgan fingerprint density at radius 3 is 1.73 bits per heavy atom. The van der Waals surface area contributed by atoms with Crippen LogP contribution in [-0.2, 0) is 5.41 Å². The van der Waals surface area contributed by atoms with E-state index in [1.165, 1.54) is 110 Å². The van der Waals surface area contributed by atoms with E-state index in [9.17, 15) is 0 Å². The van der Waals surface area contributed by atoms with E-state index in [1.807, 2.05) is 0 Å². The largest absolute Gasteiger partial charge is 0.0616 e. The molecule has 0 unspecified atom stereocenters. The van der Waals surface area contributed by atoms with Gasteiger partial charge in [0, 0.05) is 5.41 Å². The minimum atomic E-state index is -0.126. The summed E-state index contributed by atoms with van der Waals surface area (Å²) >= 11 is 0. The van der Waals surface area contributed by atoms with E-state index >= 15 is 0 Å². The van der Waals surface area contributed by atoms with Gasteiger partial charge < -0.3 is 0 Å². The Morgan fingerprint density at radius 2 is 0.939 bits per heavy atom. The molecule has 9 aromatic rings. The summed E-state index contributed by atoms with van der Waals surface area (Å²) in [6.07, 6.45) is 0. The molecule has 0 nitrogen and oxygen atoms in total. The molecule has 228 valence electrons. The Balaban J connectivity index is 1.17. The molecule has 0 spiro atoms. The third kappa shape index (κ3) is 3.48. The van der Waals surface area contributed by atoms with Crippen LogP contribution >= 0.6 is 0 Å². The number of fused-ring (bicyclic) bond motifs is 13. The van der Waals surface area contributed by atoms with Crippen LogP contribution in [0.5, 0.6) is 0 Å². The molecule has 0 saturated carbocycles. The normalized spacial score (nSPS) is 13.7. The Kier molecular flexibility index (Phi) is 5.27. The van der Waals surface area contributed by atoms with Crippen LogP contribution in [0.25, 0.3) is 98.7 Å². The average molecular weight is 621 g/mol. The lowest BCUT2D eigenvalue weighted by Crippen LogP contribution is -2.15. The molecule has 2 aliphatic rings. The predicted octanol–water partition coefficient (Wildman–Crippen LogP) is 13.6. The van der Waals surface area contributed by atoms with Gasteiger partial charge in [0.05, 0.1) is 0 Å². The highest BCUT2D eigenvalue weighted by atomic mass is 14.4. The van der Waals surface area contributed by atoms with Crippen LogP contribution < -0.4 is 0 Å². The molecule has 0 amide bonds. The van der Waals surface area contributed by atoms with Crippen molar-refractivity contribution in [3.05, 3.63) is 169 Å². The summed E-state index contributed by atoms with van der Waals surface area (Å²) in [4.78, 5) is 0. The van der Waals surface area contributed by atoms with Crippen LogP contribution in [0, 0.1) is 0 Å². The fourth-order valence-corrected chi connectivity index (χ4v) is 9.48. The molecule has 9 aromatic carbocycles. The molecule has 0 heterocycles. The predicted molar refractivity (Wildman–Crippen MR) is 209 cm³/mol. The maximum absolute atomic E-state index is 2.46. The van der Waals surface area contributed by atoms with Crippen LogP contribution in [0.2, 0.25) is 0 Å². The van der Waals surface area contributed by atoms with Crippen molar-refractivity contribution in [2.45, 2.75) is 19.3 Å². The van der Waals surface area contributed by atoms with Crippen molar-refractivity contribution < 1.29 is 0 Å². The lowest BCUT2D eigenvalue weighted by atomic mass is 9.78. The van der Waals surface area contributed by atoms with Crippen molar-refractivity contribution in [1.82, 2.24) is 0 Å². The maximum Gasteiger partial charge on any atom is 0.0165 e. The SMILES string of the molecule is CC1(C)c2ccc3ccccc3c2-c2c1c1ccc(-c3ccccc3-c3ccc4c5c(cccc35)-c3ccccc3-4)cc1c1ccccc21. The van der Waals surface area contributed by atoms with Crippen LogP contribution in [-0.4, -0.2) is 0 Å². The zero-order valence-corrected chi connectivity index (χ0v) is 27.5. The van der Waals surface area contributed by atoms with Crippen molar-refractivity contribution in [1.29, 1.82) is 0 Å². The number of hydrogen-bond acceptors (Lipinski definition) is 0. The third-order valence-electron chi connectivity index (χ3n) is 11.6. The molecule has 49 heavy (non-hydrogen) atoms. The molecule has 2 aliphatic carbocycles. The minimum absolute atomic E-state index is 0.126. The van der Waals surface area contributed by atoms with Crippen molar-refractivity contribution >= 4 is 43.1 Å². The zero-order valence-electron chi connectivity index (χ0n) is 27.5. The fraction of sp³-hybridized carbons (Fsp3) is 0.0612. The first-order chi connectivity index (χ1) is 24.1. The van der Waals surface area contributed by atoms with Crippen molar-refractivity contribution in [2.75, 3.05) is 0 Å². The van der Waals surface area contributed by atoms with E-state index in [-0.39, 0.29) is 5.41 Å². The average Bonchev–Trinajstić information content (AvgIpc) is 3.61. The second-order valence-corrected chi connectivity index (χ2v) is 14.4. The van der Waals surface area contributed by atoms with Crippen LogP contribution in [0.3, 0.4) is 0 Å². The summed E-state index contributed by atoms with van der Waals surface area (Å²) in [7, 11) is 0. The maximum atomic E-state index is 2.46. The lowest BCUT2D eigenvalue weighted by Gasteiger charge is -2.24. The van der Waals surface area contributed by atoms with Gasteiger partial charge in [-0.3, -0.25) is 0 Å². The highest BCUT2D eigenvalue weighted by Crippen LogP contribution is 2.57. The van der Waals surface area contributed by atoms with Gasteiger partial charge in [0.15, 0.2) is 0 Å². The molecule has 0 saturated heterocycles. The van der Waals surface area contributed by atoms with Crippen molar-refractivity contribution in [3.8, 4) is 55.6 Å². The van der Waals surface area contributed by atoms with E-state index in [0.717, 1.165) is 0 Å². The van der Waals surface area contributed by atoms with E-state index in [1.54, 1.807) is 0 Å². The van der Waals surface area contributed by atoms with Gasteiger partial charge in [-0.2, -0.15) is 0 Å². The van der Waals surface area contributed by atoms with E-state index < -0.39 is 0 Å². The van der Waals surface area contributed by atoms with Crippen LogP contribution in [0.15, 0.2) is 158 Å². The number of rotatable bonds is 2. The molecule has 0 radical (unpaired) electrons. The topological polar surface area (TPSA) is 0 Å². The number of hydrogen-bond donors (Lipinski definition) is 0. The molecule has 0 fully saturated rings. The summed E-state index contributed by atoms with van der Waals surface area (Å²) in [6.45, 7) is 4.83. The van der Waals surface area contributed by atoms with Crippen LogP contribution in [0.1, 0.15) is 25.0 Å². The first-order valence-corrected chi connectivity index (χ1v) is 17.4. The summed E-state index contributed by atoms with van der Waals surface area (Å²) in [5, 5.41) is 10.6. The summed E-state index contributed by atoms with van der Waals surface area (Å²) in [6, 6.07) is 59.2. The van der Waals surface area contributed by atoms with Gasteiger partial charge >= 0.3 is 0 Å². The first-order valence-electron chi connectivity index (χ1n) is 17.4. The first kappa shape index (κ1) is 27.0. The standard InChI is InChI=1S/C49H32/c1-49(2)44-27-23-29-12-3-4-14-32(29)46(44)47-40-19-10-9-18-36(40)43-28-30(22-24-42(43)48(47)49)31-13-5-6-15-33(31)37-25-26-41-35-17-8-7-16-34(35)38-20-11-21-39(37)45(38)41/h3-28H,1-2H3. The lowest BCUT2D eigenvalue weighted by molar-refractivity contribution is 0.667. The molecule has 0 aliphatic heterocycles. The molecule has 0 aromatic heterocycles. The molecular weight excluding hydrogens is 589 g/mol. The molecular formula is C49H32. The summed E-state index contributed by atoms with van der Waals surface area (Å²) in [5.74, 6) is 0. The Bertz CT molecular complexity index is 2870. The molecule has 0 bridgehead atoms. The van der Waals surface area contributed by atoms with Crippen molar-refractivity contribution in [2.24, 2.45) is 0 Å². The van der Waals surface area contributed by atoms with Crippen LogP contribution in [0.4, 0.5) is 0 Å². The number of benzene rings is 9. The Hall–Kier alpha value is -5.98. The quantitative estimate of drug-likeness (QED) is 0.169. The summed E-state index contributed by atoms with van der Waals surface area (Å²) in [5.41, 5.74) is 16.0. The highest BCUT2D eigenvalue weighted by molar-refractivity contribution is 6.22. The van der Waals surface area contributed by atoms with E-state index in [2.05, 4.69) is 172 Å². The van der Waals surface area contributed by atoms with Gasteiger partial charge in [0.2, 0.25) is 0 Å². The fourth-order valence-electron chi connectivity index (χ4n) is 9.48. The Labute approximate surface area is 285 Å². The van der Waals surface area contributed by atoms with Gasteiger partial charge in [-0.15, -0.1) is 0 Å². The van der Waals surface area contributed by atoms with Gasteiger partial charge in [0.25, 0.3) is 0 Å². The smallest absolute Gasteiger partial charge is 0.0165 e. The second-order valence-electron chi connectivity index (χ2n) is 14.4. The van der Waals surface area contributed by atoms with Gasteiger partial charge in [-0.25, -0.2) is 0 Å². The molecule has 0 atom stereocenters. The summed E-state index contributed by atoms with van der Waals surface area (Å²) < 4.78 is 0. The monoisotopic (exact) mass is 620 g/mol. The van der Waals surface area contributed by atoms with E-state index in [4.69, 9.17) is 0 Å². The second kappa shape index (κ2) is 9.56. The van der Waals surface area contributed by atoms with Gasteiger partial charge in [0.1, 0.15) is 0 Å². The highest BCUT2D eigenvalue weighted by Gasteiger charge is 2.39. The van der Waals surface area contributed by atoms with Crippen molar-refractivity contribution in [3.63, 3.8) is 0 Å². The zero-order chi connectivity index (χ0) is 32.4. The third-order valence-corrected chi connectivity index (χ3v) is 11.6. The molecule has 0 heteroatoms. The van der Waals surface area contributed by atoms with Gasteiger partial charge in [-0.1, -0.05) is 166 Å². The molecule has 11 rings (SSSR count). The van der Waals surface area contributed by atoms with Gasteiger partial charge in [-0.05, 0) is 116 Å². The minimum Gasteiger partial charge on any atom is -0.0616 e. The molecule has 0 N–H and O–H groups in total.